The number of benzene rings is 4. The molecular formula is C33H34N6O4. The molecule has 0 amide bonds. The first-order valence-corrected chi connectivity index (χ1v) is 13.7. The van der Waals surface area contributed by atoms with E-state index < -0.39 is 9.85 Å². The fraction of sp³-hybridized carbons (Fsp3) is 0.212. The lowest BCUT2D eigenvalue weighted by Crippen LogP contribution is -2.07. The molecule has 0 radical (unpaired) electrons. The first-order valence-electron chi connectivity index (χ1n) is 13.7. The fourth-order valence-corrected chi connectivity index (χ4v) is 5.26. The quantitative estimate of drug-likeness (QED) is 0.112. The third-order valence-corrected chi connectivity index (χ3v) is 7.67. The van der Waals surface area contributed by atoms with Gasteiger partial charge in [0.1, 0.15) is 0 Å². The molecule has 0 saturated heterocycles. The van der Waals surface area contributed by atoms with Crippen molar-refractivity contribution >= 4 is 35.2 Å². The second kappa shape index (κ2) is 13.1. The van der Waals surface area contributed by atoms with Gasteiger partial charge in [0.15, 0.2) is 0 Å². The minimum Gasteiger partial charge on any atom is -0.278 e. The highest BCUT2D eigenvalue weighted by molar-refractivity contribution is 5.86. The number of non-ortho nitro benzene ring substituents is 2. The number of nitrogens with zero attached hydrogens (tertiary/aromatic N) is 4. The third-order valence-electron chi connectivity index (χ3n) is 7.67. The Morgan fingerprint density at radius 2 is 0.953 bits per heavy atom. The summed E-state index contributed by atoms with van der Waals surface area (Å²) in [6.07, 6.45) is 4.33. The Morgan fingerprint density at radius 1 is 0.605 bits per heavy atom. The summed E-state index contributed by atoms with van der Waals surface area (Å²) >= 11 is 0. The van der Waals surface area contributed by atoms with Gasteiger partial charge in [-0.2, -0.15) is 10.2 Å². The zero-order valence-corrected chi connectivity index (χ0v) is 25.1. The van der Waals surface area contributed by atoms with Crippen molar-refractivity contribution in [3.8, 4) is 0 Å². The Balaban J connectivity index is 1.58. The van der Waals surface area contributed by atoms with E-state index in [-0.39, 0.29) is 11.4 Å². The maximum Gasteiger partial charge on any atom is 0.269 e. The molecule has 0 aromatic heterocycles. The third kappa shape index (κ3) is 7.10. The molecule has 0 aliphatic rings. The minimum atomic E-state index is -0.431. The van der Waals surface area contributed by atoms with Crippen LogP contribution < -0.4 is 10.9 Å². The van der Waals surface area contributed by atoms with Crippen molar-refractivity contribution in [2.45, 2.75) is 48.0 Å². The zero-order chi connectivity index (χ0) is 31.3. The molecule has 0 fully saturated rings. The fourth-order valence-electron chi connectivity index (χ4n) is 5.26. The summed E-state index contributed by atoms with van der Waals surface area (Å²) in [7, 11) is 0. The Kier molecular flexibility index (Phi) is 9.29. The number of aryl methyl sites for hydroxylation is 4. The second-order valence-corrected chi connectivity index (χ2v) is 10.6. The molecule has 0 spiro atoms. The summed E-state index contributed by atoms with van der Waals surface area (Å²) < 4.78 is 0. The summed E-state index contributed by atoms with van der Waals surface area (Å²) in [6, 6.07) is 16.6. The van der Waals surface area contributed by atoms with E-state index >= 15 is 0 Å². The molecule has 0 aliphatic heterocycles. The maximum absolute atomic E-state index is 10.9. The van der Waals surface area contributed by atoms with Gasteiger partial charge in [-0.15, -0.1) is 0 Å². The number of nitrogens with one attached hydrogen (secondary N) is 2. The summed E-state index contributed by atoms with van der Waals surface area (Å²) in [6.45, 7) is 12.6. The van der Waals surface area contributed by atoms with Crippen molar-refractivity contribution in [3.05, 3.63) is 137 Å². The topological polar surface area (TPSA) is 135 Å². The summed E-state index contributed by atoms with van der Waals surface area (Å²) in [4.78, 5) is 21.0. The van der Waals surface area contributed by atoms with Gasteiger partial charge in [0.05, 0.1) is 33.7 Å². The van der Waals surface area contributed by atoms with E-state index in [1.807, 2.05) is 0 Å². The maximum atomic E-state index is 10.9. The number of rotatable bonds is 10. The van der Waals surface area contributed by atoms with Gasteiger partial charge in [0.2, 0.25) is 0 Å². The molecule has 4 aromatic rings. The molecular weight excluding hydrogens is 544 g/mol. The van der Waals surface area contributed by atoms with Gasteiger partial charge in [0.25, 0.3) is 11.4 Å². The number of nitro groups is 2. The van der Waals surface area contributed by atoms with E-state index in [4.69, 9.17) is 0 Å². The van der Waals surface area contributed by atoms with Crippen LogP contribution in [-0.4, -0.2) is 22.3 Å². The summed E-state index contributed by atoms with van der Waals surface area (Å²) in [5.41, 5.74) is 18.7. The highest BCUT2D eigenvalue weighted by Crippen LogP contribution is 2.29. The molecule has 0 saturated carbocycles. The standard InChI is InChI=1S/C33H34N6O4/c1-20-15-22(3)32(18-34-36-26-7-11-28(12-8-26)38(40)41)24(5)30(20)17-31-21(2)16-23(4)33(25(31)6)19-35-37-27-9-13-29(14-10-27)39(42)43/h7-16,18-19,36-37H,17H2,1-6H3/b34-18+,35-19+. The predicted molar refractivity (Wildman–Crippen MR) is 173 cm³/mol. The van der Waals surface area contributed by atoms with Crippen LogP contribution >= 0.6 is 0 Å². The van der Waals surface area contributed by atoms with Crippen molar-refractivity contribution in [2.75, 3.05) is 10.9 Å². The van der Waals surface area contributed by atoms with Crippen LogP contribution in [0.2, 0.25) is 0 Å². The van der Waals surface area contributed by atoms with Gasteiger partial charge in [-0.25, -0.2) is 0 Å². The average Bonchev–Trinajstić information content (AvgIpc) is 2.96. The molecule has 0 unspecified atom stereocenters. The predicted octanol–water partition coefficient (Wildman–Crippen LogP) is 7.84. The van der Waals surface area contributed by atoms with Gasteiger partial charge >= 0.3 is 0 Å². The van der Waals surface area contributed by atoms with Gasteiger partial charge in [0, 0.05) is 35.4 Å². The monoisotopic (exact) mass is 578 g/mol. The molecule has 0 bridgehead atoms. The van der Waals surface area contributed by atoms with Crippen LogP contribution in [-0.2, 0) is 6.42 Å². The van der Waals surface area contributed by atoms with Crippen molar-refractivity contribution in [3.63, 3.8) is 0 Å². The number of nitro benzene ring substituents is 2. The zero-order valence-electron chi connectivity index (χ0n) is 25.1. The Labute approximate surface area is 250 Å². The lowest BCUT2D eigenvalue weighted by atomic mass is 9.85. The number of hydrogen-bond donors (Lipinski definition) is 2. The molecule has 0 heterocycles. The van der Waals surface area contributed by atoms with Crippen LogP contribution in [0.15, 0.2) is 70.9 Å². The summed E-state index contributed by atoms with van der Waals surface area (Å²) in [5.74, 6) is 0. The van der Waals surface area contributed by atoms with Crippen LogP contribution in [0, 0.1) is 61.8 Å². The molecule has 4 aromatic carbocycles. The number of hydrazone groups is 2. The molecule has 10 heteroatoms. The SMILES string of the molecule is Cc1cc(C)c(Cc2c(C)cc(C)c(/C=N/Nc3ccc([N+](=O)[O-])cc3)c2C)c(C)c1/C=N/Nc1ccc([N+](=O)[O-])cc1. The van der Waals surface area contributed by atoms with E-state index in [1.165, 1.54) is 46.5 Å². The van der Waals surface area contributed by atoms with Crippen LogP contribution in [0.1, 0.15) is 55.6 Å². The van der Waals surface area contributed by atoms with Gasteiger partial charge in [-0.3, -0.25) is 31.1 Å². The lowest BCUT2D eigenvalue weighted by molar-refractivity contribution is -0.385. The molecule has 4 rings (SSSR count). The van der Waals surface area contributed by atoms with Crippen LogP contribution in [0.5, 0.6) is 0 Å². The largest absolute Gasteiger partial charge is 0.278 e. The van der Waals surface area contributed by atoms with Gasteiger partial charge in [-0.05, 0) is 117 Å². The van der Waals surface area contributed by atoms with Gasteiger partial charge < -0.3 is 0 Å². The van der Waals surface area contributed by atoms with E-state index in [0.29, 0.717) is 11.4 Å². The first-order chi connectivity index (χ1) is 20.5. The van der Waals surface area contributed by atoms with Gasteiger partial charge in [-0.1, -0.05) is 12.1 Å². The smallest absolute Gasteiger partial charge is 0.269 e. The van der Waals surface area contributed by atoms with E-state index in [0.717, 1.165) is 39.8 Å². The highest BCUT2D eigenvalue weighted by atomic mass is 16.6. The first kappa shape index (κ1) is 30.6. The van der Waals surface area contributed by atoms with Crippen LogP contribution in [0.25, 0.3) is 0 Å². The molecule has 43 heavy (non-hydrogen) atoms. The normalized spacial score (nSPS) is 11.3. The van der Waals surface area contributed by atoms with Crippen molar-refractivity contribution < 1.29 is 9.85 Å². The van der Waals surface area contributed by atoms with Crippen molar-refractivity contribution in [1.29, 1.82) is 0 Å². The van der Waals surface area contributed by atoms with E-state index in [2.05, 4.69) is 74.7 Å². The minimum absolute atomic E-state index is 0.0290. The average molecular weight is 579 g/mol. The molecule has 220 valence electrons. The van der Waals surface area contributed by atoms with Crippen LogP contribution in [0.3, 0.4) is 0 Å². The molecule has 10 nitrogen and oxygen atoms in total. The lowest BCUT2D eigenvalue weighted by Gasteiger charge is -2.20. The van der Waals surface area contributed by atoms with E-state index in [1.54, 1.807) is 36.7 Å². The van der Waals surface area contributed by atoms with Crippen molar-refractivity contribution in [1.82, 2.24) is 0 Å². The highest BCUT2D eigenvalue weighted by Gasteiger charge is 2.16. The Hall–Kier alpha value is -5.38. The van der Waals surface area contributed by atoms with Crippen molar-refractivity contribution in [2.24, 2.45) is 10.2 Å². The molecule has 0 aliphatic carbocycles. The second-order valence-electron chi connectivity index (χ2n) is 10.6. The Morgan fingerprint density at radius 3 is 1.28 bits per heavy atom. The number of hydrogen-bond acceptors (Lipinski definition) is 8. The molecule has 2 N–H and O–H groups in total. The molecule has 0 atom stereocenters. The Bertz CT molecular complexity index is 1610. The van der Waals surface area contributed by atoms with Crippen LogP contribution in [0.4, 0.5) is 22.7 Å². The summed E-state index contributed by atoms with van der Waals surface area (Å²) in [5, 5.41) is 30.7. The van der Waals surface area contributed by atoms with E-state index in [9.17, 15) is 20.2 Å². The number of anilines is 2.